The summed E-state index contributed by atoms with van der Waals surface area (Å²) in [7, 11) is 0. The van der Waals surface area contributed by atoms with Gasteiger partial charge in [-0.1, -0.05) is 67.1 Å². The van der Waals surface area contributed by atoms with Crippen molar-refractivity contribution in [1.82, 2.24) is 10.6 Å². The summed E-state index contributed by atoms with van der Waals surface area (Å²) in [6.45, 7) is 0.519. The molecule has 0 heterocycles. The molecule has 2 rings (SSSR count). The molecule has 0 aromatic heterocycles. The number of unbranched alkanes of at least 4 members (excludes halogenated alkanes) is 1. The lowest BCUT2D eigenvalue weighted by atomic mass is 10.0. The molecule has 0 aliphatic carbocycles. The zero-order chi connectivity index (χ0) is 23.3. The average molecular weight is 441 g/mol. The van der Waals surface area contributed by atoms with Gasteiger partial charge in [-0.15, -0.1) is 0 Å². The van der Waals surface area contributed by atoms with Crippen molar-refractivity contribution in [2.45, 2.75) is 50.2 Å². The molecule has 8 heteroatoms. The van der Waals surface area contributed by atoms with Gasteiger partial charge in [0, 0.05) is 12.8 Å². The lowest BCUT2D eigenvalue weighted by Gasteiger charge is -2.23. The van der Waals surface area contributed by atoms with E-state index in [0.717, 1.165) is 17.5 Å². The topological polar surface area (TPSA) is 148 Å². The fourth-order valence-corrected chi connectivity index (χ4v) is 3.30. The molecular weight excluding hydrogens is 408 g/mol. The maximum Gasteiger partial charge on any atom is 0.326 e. The van der Waals surface area contributed by atoms with E-state index in [-0.39, 0.29) is 12.8 Å². The second kappa shape index (κ2) is 13.2. The van der Waals surface area contributed by atoms with E-state index in [1.54, 1.807) is 24.3 Å². The molecule has 0 spiro atoms. The van der Waals surface area contributed by atoms with Crippen LogP contribution in [0.25, 0.3) is 0 Å². The maximum atomic E-state index is 13.0. The number of nitrogens with two attached hydrogens (primary N) is 2. The molecule has 0 aliphatic heterocycles. The van der Waals surface area contributed by atoms with Crippen molar-refractivity contribution in [2.75, 3.05) is 6.54 Å². The first-order valence-electron chi connectivity index (χ1n) is 10.8. The van der Waals surface area contributed by atoms with Gasteiger partial charge in [-0.3, -0.25) is 9.59 Å². The van der Waals surface area contributed by atoms with Crippen molar-refractivity contribution in [1.29, 1.82) is 0 Å². The zero-order valence-electron chi connectivity index (χ0n) is 18.1. The second-order valence-corrected chi connectivity index (χ2v) is 7.73. The van der Waals surface area contributed by atoms with Gasteiger partial charge in [-0.2, -0.15) is 0 Å². The highest BCUT2D eigenvalue weighted by Crippen LogP contribution is 2.08. The van der Waals surface area contributed by atoms with E-state index in [4.69, 9.17) is 11.5 Å². The Morgan fingerprint density at radius 1 is 0.781 bits per heavy atom. The fraction of sp³-hybridized carbons (Fsp3) is 0.375. The van der Waals surface area contributed by atoms with E-state index >= 15 is 0 Å². The molecule has 3 atom stereocenters. The van der Waals surface area contributed by atoms with Crippen LogP contribution in [-0.4, -0.2) is 47.6 Å². The molecule has 32 heavy (non-hydrogen) atoms. The minimum absolute atomic E-state index is 0.131. The van der Waals surface area contributed by atoms with Gasteiger partial charge in [0.05, 0.1) is 6.04 Å². The number of carboxylic acid groups (broad SMARTS) is 1. The van der Waals surface area contributed by atoms with Crippen molar-refractivity contribution in [3.05, 3.63) is 71.8 Å². The smallest absolute Gasteiger partial charge is 0.326 e. The van der Waals surface area contributed by atoms with E-state index in [1.165, 1.54) is 0 Å². The Kier molecular flexibility index (Phi) is 10.4. The molecule has 8 nitrogen and oxygen atoms in total. The van der Waals surface area contributed by atoms with Gasteiger partial charge < -0.3 is 27.2 Å². The lowest BCUT2D eigenvalue weighted by molar-refractivity contribution is -0.142. The van der Waals surface area contributed by atoms with Crippen LogP contribution < -0.4 is 22.1 Å². The van der Waals surface area contributed by atoms with Gasteiger partial charge in [0.25, 0.3) is 0 Å². The third-order valence-corrected chi connectivity index (χ3v) is 5.12. The Morgan fingerprint density at radius 3 is 1.78 bits per heavy atom. The standard InChI is InChI=1S/C24H32N4O4/c25-14-8-7-13-19(26)22(29)27-20(15-17-9-3-1-4-10-17)23(30)28-21(24(31)32)16-18-11-5-2-6-12-18/h1-6,9-12,19-21H,7-8,13-16,25-26H2,(H,27,29)(H,28,30)(H,31,32)/t19-,20-,21+/m1/s1. The molecule has 2 aromatic rings. The number of benzene rings is 2. The van der Waals surface area contributed by atoms with Crippen molar-refractivity contribution in [3.8, 4) is 0 Å². The van der Waals surface area contributed by atoms with E-state index < -0.39 is 35.9 Å². The minimum Gasteiger partial charge on any atom is -0.480 e. The van der Waals surface area contributed by atoms with Gasteiger partial charge in [0.1, 0.15) is 12.1 Å². The third-order valence-electron chi connectivity index (χ3n) is 5.12. The first kappa shape index (κ1) is 25.0. The van der Waals surface area contributed by atoms with Crippen LogP contribution in [0.2, 0.25) is 0 Å². The van der Waals surface area contributed by atoms with Crippen LogP contribution in [0.5, 0.6) is 0 Å². The van der Waals surface area contributed by atoms with Crippen LogP contribution >= 0.6 is 0 Å². The largest absolute Gasteiger partial charge is 0.480 e. The van der Waals surface area contributed by atoms with Crippen molar-refractivity contribution >= 4 is 17.8 Å². The number of carboxylic acids is 1. The molecule has 0 saturated heterocycles. The molecular formula is C24H32N4O4. The van der Waals surface area contributed by atoms with E-state index in [1.807, 2.05) is 36.4 Å². The summed E-state index contributed by atoms with van der Waals surface area (Å²) < 4.78 is 0. The number of amides is 2. The Bertz CT molecular complexity index is 861. The van der Waals surface area contributed by atoms with Gasteiger partial charge >= 0.3 is 5.97 Å². The fourth-order valence-electron chi connectivity index (χ4n) is 3.30. The summed E-state index contributed by atoms with van der Waals surface area (Å²) in [6, 6.07) is 15.4. The van der Waals surface area contributed by atoms with Crippen molar-refractivity contribution in [2.24, 2.45) is 11.5 Å². The van der Waals surface area contributed by atoms with Crippen molar-refractivity contribution in [3.63, 3.8) is 0 Å². The third kappa shape index (κ3) is 8.49. The van der Waals surface area contributed by atoms with Crippen LogP contribution in [0, 0.1) is 0 Å². The number of aliphatic carboxylic acids is 1. The minimum atomic E-state index is -1.15. The van der Waals surface area contributed by atoms with Gasteiger partial charge in [-0.25, -0.2) is 4.79 Å². The molecule has 2 amide bonds. The molecule has 7 N–H and O–H groups in total. The highest BCUT2D eigenvalue weighted by atomic mass is 16.4. The van der Waals surface area contributed by atoms with Crippen LogP contribution in [0.4, 0.5) is 0 Å². The highest BCUT2D eigenvalue weighted by Gasteiger charge is 2.28. The first-order valence-corrected chi connectivity index (χ1v) is 10.8. The summed E-state index contributed by atoms with van der Waals surface area (Å²) >= 11 is 0. The zero-order valence-corrected chi connectivity index (χ0v) is 18.1. The molecule has 0 aliphatic rings. The highest BCUT2D eigenvalue weighted by molar-refractivity contribution is 5.92. The molecule has 0 unspecified atom stereocenters. The summed E-state index contributed by atoms with van der Waals surface area (Å²) in [5.41, 5.74) is 13.1. The molecule has 0 radical (unpaired) electrons. The van der Waals surface area contributed by atoms with Crippen LogP contribution in [0.3, 0.4) is 0 Å². The van der Waals surface area contributed by atoms with E-state index in [9.17, 15) is 19.5 Å². The SMILES string of the molecule is NCCCC[C@@H](N)C(=O)N[C@H](Cc1ccccc1)C(=O)N[C@@H](Cc1ccccc1)C(=O)O. The number of hydrogen-bond donors (Lipinski definition) is 5. The van der Waals surface area contributed by atoms with Crippen LogP contribution in [0.1, 0.15) is 30.4 Å². The number of hydrogen-bond acceptors (Lipinski definition) is 5. The Morgan fingerprint density at radius 2 is 1.28 bits per heavy atom. The van der Waals surface area contributed by atoms with Crippen molar-refractivity contribution < 1.29 is 19.5 Å². The summed E-state index contributed by atoms with van der Waals surface area (Å²) in [5, 5.41) is 14.9. The molecule has 0 saturated carbocycles. The normalized spacial score (nSPS) is 13.6. The lowest BCUT2D eigenvalue weighted by Crippen LogP contribution is -2.55. The summed E-state index contributed by atoms with van der Waals surface area (Å²) in [5.74, 6) is -2.17. The second-order valence-electron chi connectivity index (χ2n) is 7.73. The molecule has 2 aromatic carbocycles. The monoisotopic (exact) mass is 440 g/mol. The van der Waals surface area contributed by atoms with E-state index in [0.29, 0.717) is 19.4 Å². The molecule has 172 valence electrons. The van der Waals surface area contributed by atoms with E-state index in [2.05, 4.69) is 10.6 Å². The van der Waals surface area contributed by atoms with Gasteiger partial charge in [0.2, 0.25) is 11.8 Å². The predicted octanol–water partition coefficient (Wildman–Crippen LogP) is 0.982. The molecule has 0 bridgehead atoms. The summed E-state index contributed by atoms with van der Waals surface area (Å²) in [6.07, 6.45) is 2.26. The number of carbonyl (C=O) groups excluding carboxylic acids is 2. The van der Waals surface area contributed by atoms with Crippen LogP contribution in [0.15, 0.2) is 60.7 Å². The van der Waals surface area contributed by atoms with Crippen LogP contribution in [-0.2, 0) is 27.2 Å². The predicted molar refractivity (Wildman–Crippen MR) is 123 cm³/mol. The summed E-state index contributed by atoms with van der Waals surface area (Å²) in [4.78, 5) is 37.4. The Hall–Kier alpha value is -3.23. The number of nitrogens with one attached hydrogen (secondary N) is 2. The Labute approximate surface area is 188 Å². The number of rotatable bonds is 13. The van der Waals surface area contributed by atoms with Gasteiger partial charge in [-0.05, 0) is 30.5 Å². The first-order chi connectivity index (χ1) is 15.4. The average Bonchev–Trinajstić information content (AvgIpc) is 2.79. The quantitative estimate of drug-likeness (QED) is 0.293. The molecule has 0 fully saturated rings. The number of carbonyl (C=O) groups is 3. The maximum absolute atomic E-state index is 13.0. The van der Waals surface area contributed by atoms with Gasteiger partial charge in [0.15, 0.2) is 0 Å². The Balaban J connectivity index is 2.11.